The molecule has 2 fully saturated rings. The Morgan fingerprint density at radius 3 is 2.32 bits per heavy atom. The summed E-state index contributed by atoms with van der Waals surface area (Å²) in [7, 11) is 0. The van der Waals surface area contributed by atoms with Crippen LogP contribution in [0.15, 0.2) is 0 Å². The van der Waals surface area contributed by atoms with Gasteiger partial charge < -0.3 is 10.6 Å². The molecular formula is C15H29ClN2O. The molecule has 2 aliphatic rings. The third-order valence-corrected chi connectivity index (χ3v) is 5.05. The molecule has 3 nitrogen and oxygen atoms in total. The highest BCUT2D eigenvalue weighted by atomic mass is 35.5. The first-order chi connectivity index (χ1) is 8.65. The Labute approximate surface area is 123 Å². The molecule has 1 aliphatic heterocycles. The van der Waals surface area contributed by atoms with Crippen LogP contribution in [0.25, 0.3) is 0 Å². The molecule has 0 bridgehead atoms. The Kier molecular flexibility index (Phi) is 6.61. The number of rotatable bonds is 3. The van der Waals surface area contributed by atoms with Crippen molar-refractivity contribution in [2.75, 3.05) is 13.1 Å². The molecule has 1 heterocycles. The average molecular weight is 289 g/mol. The van der Waals surface area contributed by atoms with E-state index in [1.54, 1.807) is 0 Å². The van der Waals surface area contributed by atoms with Crippen molar-refractivity contribution in [2.24, 2.45) is 23.5 Å². The van der Waals surface area contributed by atoms with Gasteiger partial charge in [-0.25, -0.2) is 0 Å². The summed E-state index contributed by atoms with van der Waals surface area (Å²) in [5.41, 5.74) is 5.74. The second kappa shape index (κ2) is 7.49. The monoisotopic (exact) mass is 288 g/mol. The zero-order chi connectivity index (χ0) is 13.1. The quantitative estimate of drug-likeness (QED) is 0.868. The predicted molar refractivity (Wildman–Crippen MR) is 81.3 cm³/mol. The third kappa shape index (κ3) is 3.85. The lowest BCUT2D eigenvalue weighted by Gasteiger charge is -2.31. The van der Waals surface area contributed by atoms with Crippen molar-refractivity contribution in [3.63, 3.8) is 0 Å². The van der Waals surface area contributed by atoms with Gasteiger partial charge in [-0.15, -0.1) is 12.4 Å². The number of amides is 1. The summed E-state index contributed by atoms with van der Waals surface area (Å²) in [5.74, 6) is 2.09. The van der Waals surface area contributed by atoms with Gasteiger partial charge in [0.15, 0.2) is 0 Å². The molecule has 0 radical (unpaired) electrons. The van der Waals surface area contributed by atoms with Crippen molar-refractivity contribution in [2.45, 2.75) is 58.4 Å². The van der Waals surface area contributed by atoms with Crippen LogP contribution in [0.3, 0.4) is 0 Å². The summed E-state index contributed by atoms with van der Waals surface area (Å²) < 4.78 is 0. The van der Waals surface area contributed by atoms with Crippen LogP contribution in [0, 0.1) is 17.8 Å². The van der Waals surface area contributed by atoms with E-state index in [0.29, 0.717) is 23.8 Å². The van der Waals surface area contributed by atoms with E-state index in [0.717, 1.165) is 38.3 Å². The average Bonchev–Trinajstić information content (AvgIpc) is 2.79. The van der Waals surface area contributed by atoms with Crippen molar-refractivity contribution < 1.29 is 4.79 Å². The van der Waals surface area contributed by atoms with E-state index in [1.807, 2.05) is 0 Å². The van der Waals surface area contributed by atoms with Crippen LogP contribution in [0.2, 0.25) is 0 Å². The molecule has 112 valence electrons. The van der Waals surface area contributed by atoms with Crippen LogP contribution in [0.5, 0.6) is 0 Å². The lowest BCUT2D eigenvalue weighted by Crippen LogP contribution is -2.40. The largest absolute Gasteiger partial charge is 0.339 e. The summed E-state index contributed by atoms with van der Waals surface area (Å²) in [6.07, 6.45) is 7.06. The maximum atomic E-state index is 12.6. The van der Waals surface area contributed by atoms with Crippen molar-refractivity contribution in [3.05, 3.63) is 0 Å². The SMILES string of the molecule is CCC1CCC(C(=O)N2CC(CN)CC2C)CC1.Cl. The molecule has 1 amide bonds. The number of carbonyl (C=O) groups excluding carboxylic acids is 1. The Balaban J connectivity index is 0.00000180. The lowest BCUT2D eigenvalue weighted by atomic mass is 9.80. The summed E-state index contributed by atoms with van der Waals surface area (Å²) in [4.78, 5) is 14.7. The topological polar surface area (TPSA) is 46.3 Å². The van der Waals surface area contributed by atoms with Crippen LogP contribution in [0.4, 0.5) is 0 Å². The number of nitrogens with zero attached hydrogens (tertiary/aromatic N) is 1. The van der Waals surface area contributed by atoms with Gasteiger partial charge in [0.05, 0.1) is 0 Å². The zero-order valence-corrected chi connectivity index (χ0v) is 13.1. The fraction of sp³-hybridized carbons (Fsp3) is 0.933. The normalized spacial score (nSPS) is 35.0. The molecule has 2 rings (SSSR count). The Bertz CT molecular complexity index is 290. The molecule has 19 heavy (non-hydrogen) atoms. The predicted octanol–water partition coefficient (Wildman–Crippen LogP) is 2.82. The highest BCUT2D eigenvalue weighted by molar-refractivity contribution is 5.85. The smallest absolute Gasteiger partial charge is 0.225 e. The third-order valence-electron chi connectivity index (χ3n) is 5.05. The van der Waals surface area contributed by atoms with Gasteiger partial charge in [-0.05, 0) is 57.4 Å². The highest BCUT2D eigenvalue weighted by Gasteiger charge is 2.36. The fourth-order valence-corrected chi connectivity index (χ4v) is 3.67. The molecule has 1 saturated heterocycles. The molecule has 1 aliphatic carbocycles. The van der Waals surface area contributed by atoms with E-state index < -0.39 is 0 Å². The van der Waals surface area contributed by atoms with Crippen LogP contribution >= 0.6 is 12.4 Å². The van der Waals surface area contributed by atoms with E-state index in [2.05, 4.69) is 18.7 Å². The van der Waals surface area contributed by atoms with Gasteiger partial charge in [-0.2, -0.15) is 0 Å². The molecule has 2 unspecified atom stereocenters. The molecular weight excluding hydrogens is 260 g/mol. The summed E-state index contributed by atoms with van der Waals surface area (Å²) in [6, 6.07) is 0.398. The van der Waals surface area contributed by atoms with Crippen LogP contribution in [-0.2, 0) is 4.79 Å². The fourth-order valence-electron chi connectivity index (χ4n) is 3.67. The maximum Gasteiger partial charge on any atom is 0.225 e. The molecule has 0 aromatic rings. The number of likely N-dealkylation sites (tertiary alicyclic amines) is 1. The molecule has 0 aromatic carbocycles. The first kappa shape index (κ1) is 16.8. The number of hydrogen-bond acceptors (Lipinski definition) is 2. The number of hydrogen-bond donors (Lipinski definition) is 1. The first-order valence-corrected chi connectivity index (χ1v) is 7.66. The Hall–Kier alpha value is -0.280. The van der Waals surface area contributed by atoms with E-state index in [4.69, 9.17) is 5.73 Å². The molecule has 2 N–H and O–H groups in total. The van der Waals surface area contributed by atoms with E-state index in [-0.39, 0.29) is 12.4 Å². The van der Waals surface area contributed by atoms with Gasteiger partial charge in [0.25, 0.3) is 0 Å². The van der Waals surface area contributed by atoms with Gasteiger partial charge in [-0.3, -0.25) is 4.79 Å². The second-order valence-electron chi connectivity index (χ2n) is 6.30. The summed E-state index contributed by atoms with van der Waals surface area (Å²) in [6.45, 7) is 6.05. The van der Waals surface area contributed by atoms with Crippen molar-refractivity contribution >= 4 is 18.3 Å². The van der Waals surface area contributed by atoms with E-state index in [1.165, 1.54) is 19.3 Å². The highest BCUT2D eigenvalue weighted by Crippen LogP contribution is 2.33. The minimum Gasteiger partial charge on any atom is -0.339 e. The second-order valence-corrected chi connectivity index (χ2v) is 6.30. The van der Waals surface area contributed by atoms with Crippen LogP contribution in [0.1, 0.15) is 52.4 Å². The Morgan fingerprint density at radius 2 is 1.84 bits per heavy atom. The van der Waals surface area contributed by atoms with Crippen molar-refractivity contribution in [1.29, 1.82) is 0 Å². The summed E-state index contributed by atoms with van der Waals surface area (Å²) in [5, 5.41) is 0. The molecule has 2 atom stereocenters. The van der Waals surface area contributed by atoms with Crippen LogP contribution in [-0.4, -0.2) is 29.9 Å². The van der Waals surface area contributed by atoms with Gasteiger partial charge in [0.2, 0.25) is 5.91 Å². The number of nitrogens with two attached hydrogens (primary N) is 1. The minimum atomic E-state index is 0. The van der Waals surface area contributed by atoms with Crippen molar-refractivity contribution in [1.82, 2.24) is 4.90 Å². The standard InChI is InChI=1S/C15H28N2O.ClH/c1-3-12-4-6-14(7-5-12)15(18)17-10-13(9-16)8-11(17)2;/h11-14H,3-10,16H2,1-2H3;1H. The number of halogens is 1. The Morgan fingerprint density at radius 1 is 1.21 bits per heavy atom. The molecule has 1 saturated carbocycles. The molecule has 0 spiro atoms. The lowest BCUT2D eigenvalue weighted by molar-refractivity contribution is -0.137. The van der Waals surface area contributed by atoms with E-state index in [9.17, 15) is 4.79 Å². The van der Waals surface area contributed by atoms with Gasteiger partial charge in [-0.1, -0.05) is 13.3 Å². The van der Waals surface area contributed by atoms with Gasteiger partial charge >= 0.3 is 0 Å². The van der Waals surface area contributed by atoms with Gasteiger partial charge in [0.1, 0.15) is 0 Å². The van der Waals surface area contributed by atoms with Gasteiger partial charge in [0, 0.05) is 18.5 Å². The molecule has 4 heteroatoms. The van der Waals surface area contributed by atoms with Crippen LogP contribution < -0.4 is 5.73 Å². The summed E-state index contributed by atoms with van der Waals surface area (Å²) >= 11 is 0. The first-order valence-electron chi connectivity index (χ1n) is 7.66. The zero-order valence-electron chi connectivity index (χ0n) is 12.3. The van der Waals surface area contributed by atoms with Crippen molar-refractivity contribution in [3.8, 4) is 0 Å². The van der Waals surface area contributed by atoms with E-state index >= 15 is 0 Å². The number of carbonyl (C=O) groups is 1. The maximum absolute atomic E-state index is 12.6. The molecule has 0 aromatic heterocycles. The minimum absolute atomic E-state index is 0.